The molecule has 1 aliphatic rings. The molecule has 0 amide bonds. The average Bonchev–Trinajstić information content (AvgIpc) is 2.87. The maximum atomic E-state index is 6.46. The third-order valence-electron chi connectivity index (χ3n) is 4.35. The van der Waals surface area contributed by atoms with Crippen LogP contribution < -0.4 is 5.73 Å². The van der Waals surface area contributed by atoms with Gasteiger partial charge in [0.05, 0.1) is 10.6 Å². The topological polar surface area (TPSA) is 51.8 Å². The third-order valence-corrected chi connectivity index (χ3v) is 5.22. The van der Waals surface area contributed by atoms with E-state index in [1.54, 1.807) is 0 Å². The molecule has 0 bridgehead atoms. The second-order valence-electron chi connectivity index (χ2n) is 5.55. The molecule has 4 heteroatoms. The first-order valence-electron chi connectivity index (χ1n) is 7.32. The van der Waals surface area contributed by atoms with Crippen LogP contribution in [0.1, 0.15) is 69.0 Å². The van der Waals surface area contributed by atoms with Crippen LogP contribution >= 0.6 is 11.5 Å². The molecule has 1 saturated carbocycles. The Bertz CT molecular complexity index is 356. The van der Waals surface area contributed by atoms with Gasteiger partial charge in [0.25, 0.3) is 0 Å². The number of rotatable bonds is 5. The number of aromatic nitrogens is 2. The van der Waals surface area contributed by atoms with Gasteiger partial charge in [0.15, 0.2) is 0 Å². The SMILES string of the molecule is CCCc1nnsc1C(N)C1CCC(CC)CC1. The zero-order chi connectivity index (χ0) is 13.0. The molecule has 2 rings (SSSR count). The van der Waals surface area contributed by atoms with Crippen molar-refractivity contribution in [2.24, 2.45) is 17.6 Å². The first-order chi connectivity index (χ1) is 8.76. The number of nitrogens with zero attached hydrogens (tertiary/aromatic N) is 2. The van der Waals surface area contributed by atoms with Gasteiger partial charge in [0.2, 0.25) is 0 Å². The van der Waals surface area contributed by atoms with E-state index in [-0.39, 0.29) is 6.04 Å². The fraction of sp³-hybridized carbons (Fsp3) is 0.857. The van der Waals surface area contributed by atoms with E-state index < -0.39 is 0 Å². The number of nitrogens with two attached hydrogens (primary N) is 1. The molecule has 1 atom stereocenters. The Balaban J connectivity index is 1.98. The van der Waals surface area contributed by atoms with Gasteiger partial charge in [-0.25, -0.2) is 0 Å². The predicted molar refractivity (Wildman–Crippen MR) is 76.6 cm³/mol. The largest absolute Gasteiger partial charge is 0.323 e. The second-order valence-corrected chi connectivity index (χ2v) is 6.33. The van der Waals surface area contributed by atoms with Crippen LogP contribution in [0.3, 0.4) is 0 Å². The van der Waals surface area contributed by atoms with Crippen molar-refractivity contribution >= 4 is 11.5 Å². The molecule has 1 aromatic heterocycles. The quantitative estimate of drug-likeness (QED) is 0.885. The van der Waals surface area contributed by atoms with Gasteiger partial charge in [-0.2, -0.15) is 0 Å². The van der Waals surface area contributed by atoms with Crippen LogP contribution in [0.2, 0.25) is 0 Å². The van der Waals surface area contributed by atoms with Crippen molar-refractivity contribution < 1.29 is 0 Å². The van der Waals surface area contributed by atoms with Crippen LogP contribution in [-0.2, 0) is 6.42 Å². The summed E-state index contributed by atoms with van der Waals surface area (Å²) in [7, 11) is 0. The third kappa shape index (κ3) is 3.09. The Hall–Kier alpha value is -0.480. The monoisotopic (exact) mass is 267 g/mol. The lowest BCUT2D eigenvalue weighted by Gasteiger charge is -2.31. The molecular weight excluding hydrogens is 242 g/mol. The molecule has 0 saturated heterocycles. The predicted octanol–water partition coefficient (Wildman–Crippen LogP) is 3.71. The first-order valence-corrected chi connectivity index (χ1v) is 8.10. The van der Waals surface area contributed by atoms with Crippen molar-refractivity contribution in [1.82, 2.24) is 9.59 Å². The molecular formula is C14H25N3S. The van der Waals surface area contributed by atoms with Crippen LogP contribution in [0.5, 0.6) is 0 Å². The standard InChI is InChI=1S/C14H25N3S/c1-3-5-12-14(18-17-16-12)13(15)11-8-6-10(4-2)7-9-11/h10-11,13H,3-9,15H2,1-2H3. The van der Waals surface area contributed by atoms with E-state index in [0.29, 0.717) is 5.92 Å². The van der Waals surface area contributed by atoms with E-state index in [2.05, 4.69) is 23.4 Å². The van der Waals surface area contributed by atoms with Gasteiger partial charge >= 0.3 is 0 Å². The van der Waals surface area contributed by atoms with E-state index in [4.69, 9.17) is 5.73 Å². The Kier molecular flexibility index (Phi) is 5.13. The normalized spacial score (nSPS) is 26.2. The zero-order valence-corrected chi connectivity index (χ0v) is 12.4. The first kappa shape index (κ1) is 13.9. The average molecular weight is 267 g/mol. The Labute approximate surface area is 114 Å². The highest BCUT2D eigenvalue weighted by Crippen LogP contribution is 2.38. The summed E-state index contributed by atoms with van der Waals surface area (Å²) in [5.41, 5.74) is 7.61. The van der Waals surface area contributed by atoms with Gasteiger partial charge in [-0.05, 0) is 42.6 Å². The summed E-state index contributed by atoms with van der Waals surface area (Å²) in [4.78, 5) is 1.25. The second kappa shape index (κ2) is 6.62. The summed E-state index contributed by atoms with van der Waals surface area (Å²) in [5, 5.41) is 4.24. The van der Waals surface area contributed by atoms with Crippen LogP contribution in [0, 0.1) is 11.8 Å². The molecule has 0 radical (unpaired) electrons. The molecule has 102 valence electrons. The molecule has 0 aromatic carbocycles. The van der Waals surface area contributed by atoms with Crippen LogP contribution in [-0.4, -0.2) is 9.59 Å². The fourth-order valence-electron chi connectivity index (χ4n) is 3.05. The smallest absolute Gasteiger partial charge is 0.0803 e. The molecule has 0 spiro atoms. The molecule has 1 aromatic rings. The van der Waals surface area contributed by atoms with Crippen molar-refractivity contribution in [3.05, 3.63) is 10.6 Å². The van der Waals surface area contributed by atoms with Crippen LogP contribution in [0.15, 0.2) is 0 Å². The highest BCUT2D eigenvalue weighted by atomic mass is 32.1. The molecule has 1 unspecified atom stereocenters. The van der Waals surface area contributed by atoms with Gasteiger partial charge < -0.3 is 5.73 Å². The summed E-state index contributed by atoms with van der Waals surface area (Å²) >= 11 is 1.51. The lowest BCUT2D eigenvalue weighted by atomic mass is 9.77. The van der Waals surface area contributed by atoms with Crippen LogP contribution in [0.25, 0.3) is 0 Å². The molecule has 0 aliphatic heterocycles. The minimum Gasteiger partial charge on any atom is -0.323 e. The lowest BCUT2D eigenvalue weighted by Crippen LogP contribution is -2.26. The van der Waals surface area contributed by atoms with E-state index in [9.17, 15) is 0 Å². The minimum atomic E-state index is 0.171. The van der Waals surface area contributed by atoms with Gasteiger partial charge in [0, 0.05) is 6.04 Å². The van der Waals surface area contributed by atoms with Crippen molar-refractivity contribution in [3.63, 3.8) is 0 Å². The Morgan fingerprint density at radius 3 is 2.61 bits per heavy atom. The Morgan fingerprint density at radius 2 is 2.00 bits per heavy atom. The molecule has 1 heterocycles. The van der Waals surface area contributed by atoms with E-state index in [0.717, 1.165) is 24.5 Å². The van der Waals surface area contributed by atoms with Crippen molar-refractivity contribution in [1.29, 1.82) is 0 Å². The highest BCUT2D eigenvalue weighted by Gasteiger charge is 2.28. The van der Waals surface area contributed by atoms with E-state index in [1.165, 1.54) is 48.5 Å². The maximum Gasteiger partial charge on any atom is 0.0803 e. The van der Waals surface area contributed by atoms with Gasteiger partial charge in [-0.15, -0.1) is 5.10 Å². The number of hydrogen-bond acceptors (Lipinski definition) is 4. The molecule has 2 N–H and O–H groups in total. The fourth-order valence-corrected chi connectivity index (χ4v) is 3.84. The summed E-state index contributed by atoms with van der Waals surface area (Å²) in [6.07, 6.45) is 8.73. The van der Waals surface area contributed by atoms with Crippen molar-refractivity contribution in [2.75, 3.05) is 0 Å². The summed E-state index contributed by atoms with van der Waals surface area (Å²) in [6.45, 7) is 4.48. The number of aryl methyl sites for hydroxylation is 1. The van der Waals surface area contributed by atoms with Crippen molar-refractivity contribution in [3.8, 4) is 0 Å². The summed E-state index contributed by atoms with van der Waals surface area (Å²) in [6, 6.07) is 0.171. The maximum absolute atomic E-state index is 6.46. The molecule has 3 nitrogen and oxygen atoms in total. The van der Waals surface area contributed by atoms with E-state index >= 15 is 0 Å². The number of hydrogen-bond donors (Lipinski definition) is 1. The summed E-state index contributed by atoms with van der Waals surface area (Å²) in [5.74, 6) is 1.58. The molecule has 1 aliphatic carbocycles. The van der Waals surface area contributed by atoms with Gasteiger partial charge in [-0.1, -0.05) is 44.0 Å². The van der Waals surface area contributed by atoms with Gasteiger partial charge in [-0.3, -0.25) is 0 Å². The van der Waals surface area contributed by atoms with E-state index in [1.807, 2.05) is 0 Å². The van der Waals surface area contributed by atoms with Crippen LogP contribution in [0.4, 0.5) is 0 Å². The lowest BCUT2D eigenvalue weighted by molar-refractivity contribution is 0.241. The van der Waals surface area contributed by atoms with Crippen molar-refractivity contribution in [2.45, 2.75) is 64.8 Å². The highest BCUT2D eigenvalue weighted by molar-refractivity contribution is 7.05. The van der Waals surface area contributed by atoms with Gasteiger partial charge in [0.1, 0.15) is 0 Å². The minimum absolute atomic E-state index is 0.171. The Morgan fingerprint density at radius 1 is 1.28 bits per heavy atom. The summed E-state index contributed by atoms with van der Waals surface area (Å²) < 4.78 is 4.10. The molecule has 1 fully saturated rings. The zero-order valence-electron chi connectivity index (χ0n) is 11.6. The molecule has 18 heavy (non-hydrogen) atoms.